The molecule has 5 rings (SSSR count). The Labute approximate surface area is 176 Å². The minimum Gasteiger partial charge on any atom is -0.458 e. The predicted molar refractivity (Wildman–Crippen MR) is 116 cm³/mol. The van der Waals surface area contributed by atoms with E-state index in [2.05, 4.69) is 12.1 Å². The number of hydrogen-bond acceptors (Lipinski definition) is 3. The van der Waals surface area contributed by atoms with E-state index in [1.807, 2.05) is 80.6 Å². The van der Waals surface area contributed by atoms with Crippen LogP contribution in [0.4, 0.5) is 11.4 Å². The van der Waals surface area contributed by atoms with Crippen LogP contribution in [0, 0.1) is 0 Å². The summed E-state index contributed by atoms with van der Waals surface area (Å²) in [5.41, 5.74) is 4.19. The molecule has 2 aliphatic heterocycles. The molecule has 3 aromatic rings. The quantitative estimate of drug-likeness (QED) is 0.577. The van der Waals surface area contributed by atoms with Gasteiger partial charge in [-0.3, -0.25) is 14.5 Å². The number of cyclic esters (lactones) is 1. The normalized spacial score (nSPS) is 22.1. The topological polar surface area (TPSA) is 46.6 Å². The molecule has 0 aromatic heterocycles. The number of fused-ring (bicyclic) bond motifs is 1. The van der Waals surface area contributed by atoms with E-state index in [0.717, 1.165) is 28.1 Å². The van der Waals surface area contributed by atoms with Crippen LogP contribution in [-0.4, -0.2) is 17.5 Å². The van der Waals surface area contributed by atoms with E-state index < -0.39 is 5.60 Å². The summed E-state index contributed by atoms with van der Waals surface area (Å²) in [7, 11) is 0. The highest BCUT2D eigenvalue weighted by molar-refractivity contribution is 6.07. The molecule has 0 aliphatic carbocycles. The van der Waals surface area contributed by atoms with Crippen molar-refractivity contribution >= 4 is 23.3 Å². The third-order valence-corrected chi connectivity index (χ3v) is 6.19. The van der Waals surface area contributed by atoms with Crippen LogP contribution < -0.4 is 4.90 Å². The maximum absolute atomic E-state index is 12.8. The van der Waals surface area contributed by atoms with Crippen molar-refractivity contribution in [3.8, 4) is 0 Å². The third-order valence-electron chi connectivity index (χ3n) is 6.19. The molecule has 4 heteroatoms. The average molecular weight is 397 g/mol. The van der Waals surface area contributed by atoms with E-state index in [4.69, 9.17) is 4.74 Å². The number of nitrogens with zero attached hydrogens (tertiary/aromatic N) is 1. The Morgan fingerprint density at radius 3 is 2.23 bits per heavy atom. The van der Waals surface area contributed by atoms with Crippen LogP contribution in [0.25, 0.3) is 0 Å². The molecular formula is C26H23NO3. The Kier molecular flexibility index (Phi) is 4.24. The van der Waals surface area contributed by atoms with Gasteiger partial charge in [-0.15, -0.1) is 0 Å². The summed E-state index contributed by atoms with van der Waals surface area (Å²) in [5, 5.41) is 0. The van der Waals surface area contributed by atoms with Crippen molar-refractivity contribution in [2.75, 3.05) is 4.90 Å². The monoisotopic (exact) mass is 397 g/mol. The highest BCUT2D eigenvalue weighted by Gasteiger charge is 2.51. The lowest BCUT2D eigenvalue weighted by Gasteiger charge is -2.27. The average Bonchev–Trinajstić information content (AvgIpc) is 3.20. The Hall–Kier alpha value is -3.40. The van der Waals surface area contributed by atoms with Crippen molar-refractivity contribution in [2.24, 2.45) is 0 Å². The number of ether oxygens (including phenoxy) is 1. The van der Waals surface area contributed by atoms with Crippen LogP contribution in [0.5, 0.6) is 0 Å². The predicted octanol–water partition coefficient (Wildman–Crippen LogP) is 5.11. The number of para-hydroxylation sites is 1. The molecule has 1 saturated heterocycles. The molecular weight excluding hydrogens is 374 g/mol. The first-order valence-corrected chi connectivity index (χ1v) is 10.2. The molecule has 0 bridgehead atoms. The van der Waals surface area contributed by atoms with E-state index in [-0.39, 0.29) is 23.7 Å². The largest absolute Gasteiger partial charge is 0.458 e. The van der Waals surface area contributed by atoms with E-state index in [1.165, 1.54) is 0 Å². The van der Waals surface area contributed by atoms with Gasteiger partial charge in [0.1, 0.15) is 5.60 Å². The lowest BCUT2D eigenvalue weighted by molar-refractivity contribution is -0.147. The Balaban J connectivity index is 1.51. The van der Waals surface area contributed by atoms with Gasteiger partial charge in [-0.25, -0.2) is 0 Å². The number of carbonyl (C=O) groups is 2. The molecule has 30 heavy (non-hydrogen) atoms. The first-order chi connectivity index (χ1) is 14.5. The summed E-state index contributed by atoms with van der Waals surface area (Å²) in [6.45, 7) is 3.94. The molecule has 2 aliphatic rings. The second-order valence-corrected chi connectivity index (χ2v) is 8.52. The van der Waals surface area contributed by atoms with Gasteiger partial charge >= 0.3 is 5.97 Å². The second kappa shape index (κ2) is 6.84. The maximum atomic E-state index is 12.8. The van der Waals surface area contributed by atoms with Gasteiger partial charge < -0.3 is 4.74 Å². The highest BCUT2D eigenvalue weighted by atomic mass is 16.6. The van der Waals surface area contributed by atoms with Crippen LogP contribution in [0.2, 0.25) is 0 Å². The summed E-state index contributed by atoms with van der Waals surface area (Å²) in [5.74, 6) is -0.596. The fraction of sp³-hybridized carbons (Fsp3) is 0.231. The summed E-state index contributed by atoms with van der Waals surface area (Å²) < 4.78 is 5.77. The fourth-order valence-electron chi connectivity index (χ4n) is 4.88. The van der Waals surface area contributed by atoms with Crippen LogP contribution in [-0.2, 0) is 20.7 Å². The highest BCUT2D eigenvalue weighted by Crippen LogP contribution is 2.49. The molecule has 1 fully saturated rings. The van der Waals surface area contributed by atoms with Crippen molar-refractivity contribution < 1.29 is 14.3 Å². The Morgan fingerprint density at radius 2 is 1.50 bits per heavy atom. The molecule has 0 saturated carbocycles. The van der Waals surface area contributed by atoms with Crippen molar-refractivity contribution in [3.05, 3.63) is 95.6 Å². The van der Waals surface area contributed by atoms with E-state index in [9.17, 15) is 9.59 Å². The van der Waals surface area contributed by atoms with Gasteiger partial charge in [-0.05, 0) is 48.7 Å². The molecule has 2 atom stereocenters. The first-order valence-electron chi connectivity index (χ1n) is 10.2. The number of benzene rings is 3. The van der Waals surface area contributed by atoms with Crippen molar-refractivity contribution in [1.29, 1.82) is 0 Å². The fourth-order valence-corrected chi connectivity index (χ4v) is 4.88. The summed E-state index contributed by atoms with van der Waals surface area (Å²) >= 11 is 0. The molecule has 150 valence electrons. The summed E-state index contributed by atoms with van der Waals surface area (Å²) in [6.07, 6.45) is 0.414. The van der Waals surface area contributed by atoms with Crippen LogP contribution in [0.3, 0.4) is 0 Å². The zero-order valence-electron chi connectivity index (χ0n) is 17.0. The molecule has 4 nitrogen and oxygen atoms in total. The minimum atomic E-state index is -0.592. The molecule has 2 heterocycles. The third kappa shape index (κ3) is 2.91. The second-order valence-electron chi connectivity index (χ2n) is 8.52. The number of rotatable bonds is 3. The van der Waals surface area contributed by atoms with Gasteiger partial charge in [-0.2, -0.15) is 0 Å². The molecule has 1 unspecified atom stereocenters. The van der Waals surface area contributed by atoms with Gasteiger partial charge in [0, 0.05) is 11.6 Å². The number of hydrogen-bond donors (Lipinski definition) is 0. The number of amides is 1. The molecule has 3 aromatic carbocycles. The van der Waals surface area contributed by atoms with E-state index in [0.29, 0.717) is 6.42 Å². The number of esters is 1. The van der Waals surface area contributed by atoms with Gasteiger partial charge in [0.15, 0.2) is 0 Å². The summed E-state index contributed by atoms with van der Waals surface area (Å²) in [4.78, 5) is 27.2. The lowest BCUT2D eigenvalue weighted by Crippen LogP contribution is -2.27. The van der Waals surface area contributed by atoms with Crippen molar-refractivity contribution in [1.82, 2.24) is 0 Å². The van der Waals surface area contributed by atoms with Crippen LogP contribution in [0.15, 0.2) is 78.9 Å². The van der Waals surface area contributed by atoms with Gasteiger partial charge in [-0.1, -0.05) is 60.7 Å². The summed E-state index contributed by atoms with van der Waals surface area (Å²) in [6, 6.07) is 25.7. The molecule has 1 amide bonds. The van der Waals surface area contributed by atoms with Crippen molar-refractivity contribution in [2.45, 2.75) is 37.7 Å². The molecule has 0 spiro atoms. The van der Waals surface area contributed by atoms with Gasteiger partial charge in [0.2, 0.25) is 5.91 Å². The maximum Gasteiger partial charge on any atom is 0.314 e. The first kappa shape index (κ1) is 18.6. The molecule has 0 radical (unpaired) electrons. The Morgan fingerprint density at radius 1 is 0.833 bits per heavy atom. The minimum absolute atomic E-state index is 0.0625. The zero-order valence-corrected chi connectivity index (χ0v) is 17.0. The Bertz CT molecular complexity index is 1120. The smallest absolute Gasteiger partial charge is 0.314 e. The van der Waals surface area contributed by atoms with Crippen LogP contribution >= 0.6 is 0 Å². The van der Waals surface area contributed by atoms with Gasteiger partial charge in [0.25, 0.3) is 0 Å². The number of anilines is 2. The lowest BCUT2D eigenvalue weighted by atomic mass is 9.75. The zero-order chi connectivity index (χ0) is 20.9. The SMILES string of the molecule is CC1(C)OC(=O)C(c2ccc(N3C(=O)Cc4ccccc43)cc2)[C@H]1c1ccccc1. The van der Waals surface area contributed by atoms with Gasteiger partial charge in [0.05, 0.1) is 18.0 Å². The van der Waals surface area contributed by atoms with Crippen LogP contribution in [0.1, 0.15) is 42.4 Å². The van der Waals surface area contributed by atoms with Crippen molar-refractivity contribution in [3.63, 3.8) is 0 Å². The standard InChI is InChI=1S/C26H23NO3/c1-26(2)24(18-8-4-3-5-9-18)23(25(29)30-26)17-12-14-20(15-13-17)27-21-11-7-6-10-19(21)16-22(27)28/h3-15,23-24H,16H2,1-2H3/t23?,24-/m1/s1. The van der Waals surface area contributed by atoms with E-state index >= 15 is 0 Å². The number of carbonyl (C=O) groups excluding carboxylic acids is 2. The van der Waals surface area contributed by atoms with E-state index in [1.54, 1.807) is 4.90 Å². The molecule has 0 N–H and O–H groups in total.